The zero-order valence-electron chi connectivity index (χ0n) is 11.8. The number of anilines is 1. The Kier molecular flexibility index (Phi) is 3.77. The zero-order chi connectivity index (χ0) is 14.7. The van der Waals surface area contributed by atoms with Crippen molar-refractivity contribution in [2.24, 2.45) is 0 Å². The fraction of sp³-hybridized carbons (Fsp3) is 0.176. The molecular weight excluding hydrogens is 265 g/mol. The summed E-state index contributed by atoms with van der Waals surface area (Å²) < 4.78 is 13.4. The highest BCUT2D eigenvalue weighted by molar-refractivity contribution is 5.88. The van der Waals surface area contributed by atoms with Gasteiger partial charge < -0.3 is 5.32 Å². The van der Waals surface area contributed by atoms with Gasteiger partial charge in [0.05, 0.1) is 5.52 Å². The van der Waals surface area contributed by atoms with Crippen LogP contribution in [0.3, 0.4) is 0 Å². The summed E-state index contributed by atoms with van der Waals surface area (Å²) in [6, 6.07) is 12.8. The maximum Gasteiger partial charge on any atom is 0.137 e. The molecule has 0 atom stereocenters. The van der Waals surface area contributed by atoms with Gasteiger partial charge in [-0.1, -0.05) is 31.2 Å². The van der Waals surface area contributed by atoms with Crippen molar-refractivity contribution >= 4 is 16.7 Å². The van der Waals surface area contributed by atoms with Gasteiger partial charge in [0.25, 0.3) is 0 Å². The molecule has 0 aliphatic carbocycles. The van der Waals surface area contributed by atoms with Crippen molar-refractivity contribution in [1.82, 2.24) is 9.97 Å². The summed E-state index contributed by atoms with van der Waals surface area (Å²) in [6.45, 7) is 2.79. The molecule has 0 amide bonds. The van der Waals surface area contributed by atoms with Crippen molar-refractivity contribution in [3.63, 3.8) is 0 Å². The van der Waals surface area contributed by atoms with E-state index in [0.717, 1.165) is 11.9 Å². The first-order valence-corrected chi connectivity index (χ1v) is 6.99. The summed E-state index contributed by atoms with van der Waals surface area (Å²) in [5.41, 5.74) is 3.26. The molecule has 0 aliphatic heterocycles. The van der Waals surface area contributed by atoms with Crippen molar-refractivity contribution < 1.29 is 4.39 Å². The maximum absolute atomic E-state index is 13.4. The van der Waals surface area contributed by atoms with Crippen LogP contribution in [0.5, 0.6) is 0 Å². The smallest absolute Gasteiger partial charge is 0.137 e. The van der Waals surface area contributed by atoms with Gasteiger partial charge in [0, 0.05) is 11.9 Å². The highest BCUT2D eigenvalue weighted by Gasteiger charge is 2.06. The Morgan fingerprint density at radius 1 is 1.05 bits per heavy atom. The number of fused-ring (bicyclic) bond motifs is 1. The minimum atomic E-state index is -0.283. The summed E-state index contributed by atoms with van der Waals surface area (Å²) in [5, 5.41) is 3.99. The van der Waals surface area contributed by atoms with Crippen LogP contribution in [0.2, 0.25) is 0 Å². The van der Waals surface area contributed by atoms with Crippen molar-refractivity contribution in [1.29, 1.82) is 0 Å². The van der Waals surface area contributed by atoms with Gasteiger partial charge in [-0.3, -0.25) is 0 Å². The van der Waals surface area contributed by atoms with Crippen molar-refractivity contribution in [3.05, 3.63) is 65.7 Å². The van der Waals surface area contributed by atoms with Gasteiger partial charge in [-0.05, 0) is 35.7 Å². The van der Waals surface area contributed by atoms with E-state index in [1.165, 1.54) is 29.6 Å². The third-order valence-electron chi connectivity index (χ3n) is 3.54. The fourth-order valence-electron chi connectivity index (χ4n) is 2.42. The number of rotatable bonds is 4. The van der Waals surface area contributed by atoms with Crippen molar-refractivity contribution in [3.8, 4) is 0 Å². The number of aryl methyl sites for hydroxylation is 1. The van der Waals surface area contributed by atoms with E-state index < -0.39 is 0 Å². The average Bonchev–Trinajstić information content (AvgIpc) is 2.53. The number of hydrogen-bond donors (Lipinski definition) is 1. The molecule has 1 N–H and O–H groups in total. The largest absolute Gasteiger partial charge is 0.365 e. The summed E-state index contributed by atoms with van der Waals surface area (Å²) in [5.74, 6) is 0.375. The molecule has 3 rings (SSSR count). The average molecular weight is 281 g/mol. The molecule has 106 valence electrons. The SMILES string of the molecule is CCc1ccccc1CNc1ncnc2ccc(F)cc12. The van der Waals surface area contributed by atoms with E-state index in [-0.39, 0.29) is 5.82 Å². The molecule has 0 unspecified atom stereocenters. The molecule has 0 aliphatic rings. The highest BCUT2D eigenvalue weighted by atomic mass is 19.1. The van der Waals surface area contributed by atoms with Gasteiger partial charge >= 0.3 is 0 Å². The highest BCUT2D eigenvalue weighted by Crippen LogP contribution is 2.21. The lowest BCUT2D eigenvalue weighted by atomic mass is 10.1. The third-order valence-corrected chi connectivity index (χ3v) is 3.54. The number of halogens is 1. The summed E-state index contributed by atoms with van der Waals surface area (Å²) in [7, 11) is 0. The van der Waals surface area contributed by atoms with Crippen LogP contribution in [0.1, 0.15) is 18.1 Å². The van der Waals surface area contributed by atoms with E-state index in [1.54, 1.807) is 6.07 Å². The number of nitrogens with zero attached hydrogens (tertiary/aromatic N) is 2. The zero-order valence-corrected chi connectivity index (χ0v) is 11.8. The second-order valence-corrected chi connectivity index (χ2v) is 4.86. The van der Waals surface area contributed by atoms with E-state index >= 15 is 0 Å². The molecule has 21 heavy (non-hydrogen) atoms. The molecule has 1 heterocycles. The molecule has 0 fully saturated rings. The lowest BCUT2D eigenvalue weighted by molar-refractivity contribution is 0.629. The van der Waals surface area contributed by atoms with Crippen LogP contribution in [0.15, 0.2) is 48.8 Å². The first-order chi connectivity index (χ1) is 10.3. The van der Waals surface area contributed by atoms with Crippen LogP contribution in [-0.2, 0) is 13.0 Å². The Balaban J connectivity index is 1.90. The van der Waals surface area contributed by atoms with Gasteiger partial charge in [0.15, 0.2) is 0 Å². The van der Waals surface area contributed by atoms with Gasteiger partial charge in [-0.15, -0.1) is 0 Å². The van der Waals surface area contributed by atoms with Crippen LogP contribution < -0.4 is 5.32 Å². The molecule has 4 heteroatoms. The quantitative estimate of drug-likeness (QED) is 0.787. The minimum Gasteiger partial charge on any atom is -0.365 e. The molecule has 0 saturated carbocycles. The van der Waals surface area contributed by atoms with Crippen LogP contribution in [0, 0.1) is 5.82 Å². The molecule has 0 bridgehead atoms. The van der Waals surface area contributed by atoms with Gasteiger partial charge in [0.2, 0.25) is 0 Å². The van der Waals surface area contributed by atoms with E-state index in [1.807, 2.05) is 12.1 Å². The lowest BCUT2D eigenvalue weighted by Crippen LogP contribution is -2.05. The van der Waals surface area contributed by atoms with Crippen LogP contribution in [0.25, 0.3) is 10.9 Å². The van der Waals surface area contributed by atoms with E-state index in [2.05, 4.69) is 34.3 Å². The summed E-state index contributed by atoms with van der Waals surface area (Å²) in [6.07, 6.45) is 2.48. The Labute approximate surface area is 122 Å². The molecular formula is C17H16FN3. The monoisotopic (exact) mass is 281 g/mol. The Bertz CT molecular complexity index is 771. The number of hydrogen-bond acceptors (Lipinski definition) is 3. The number of benzene rings is 2. The van der Waals surface area contributed by atoms with Crippen molar-refractivity contribution in [2.75, 3.05) is 5.32 Å². The van der Waals surface area contributed by atoms with Crippen molar-refractivity contribution in [2.45, 2.75) is 19.9 Å². The second-order valence-electron chi connectivity index (χ2n) is 4.86. The molecule has 3 nitrogen and oxygen atoms in total. The van der Waals surface area contributed by atoms with E-state index in [9.17, 15) is 4.39 Å². The van der Waals surface area contributed by atoms with Crippen LogP contribution in [-0.4, -0.2) is 9.97 Å². The third kappa shape index (κ3) is 2.84. The molecule has 0 spiro atoms. The molecule has 0 saturated heterocycles. The molecule has 1 aromatic heterocycles. The van der Waals surface area contributed by atoms with E-state index in [0.29, 0.717) is 17.7 Å². The van der Waals surface area contributed by atoms with Gasteiger partial charge in [-0.25, -0.2) is 14.4 Å². The Morgan fingerprint density at radius 2 is 1.86 bits per heavy atom. The number of nitrogens with one attached hydrogen (secondary N) is 1. The Hall–Kier alpha value is -2.49. The molecule has 2 aromatic carbocycles. The second kappa shape index (κ2) is 5.87. The minimum absolute atomic E-state index is 0.283. The first kappa shape index (κ1) is 13.5. The summed E-state index contributed by atoms with van der Waals surface area (Å²) >= 11 is 0. The maximum atomic E-state index is 13.4. The molecule has 3 aromatic rings. The standard InChI is InChI=1S/C17H16FN3/c1-2-12-5-3-4-6-13(12)10-19-17-15-9-14(18)7-8-16(15)20-11-21-17/h3-9,11H,2,10H2,1H3,(H,19,20,21). The predicted octanol–water partition coefficient (Wildman–Crippen LogP) is 3.94. The topological polar surface area (TPSA) is 37.8 Å². The van der Waals surface area contributed by atoms with Crippen LogP contribution in [0.4, 0.5) is 10.2 Å². The fourth-order valence-corrected chi connectivity index (χ4v) is 2.42. The summed E-state index contributed by atoms with van der Waals surface area (Å²) in [4.78, 5) is 8.38. The van der Waals surface area contributed by atoms with Crippen LogP contribution >= 0.6 is 0 Å². The Morgan fingerprint density at radius 3 is 2.67 bits per heavy atom. The normalized spacial score (nSPS) is 10.8. The van der Waals surface area contributed by atoms with Gasteiger partial charge in [0.1, 0.15) is 18.0 Å². The first-order valence-electron chi connectivity index (χ1n) is 6.99. The predicted molar refractivity (Wildman–Crippen MR) is 82.6 cm³/mol. The molecule has 0 radical (unpaired) electrons. The number of aromatic nitrogens is 2. The van der Waals surface area contributed by atoms with Gasteiger partial charge in [-0.2, -0.15) is 0 Å². The lowest BCUT2D eigenvalue weighted by Gasteiger charge is -2.11. The van der Waals surface area contributed by atoms with E-state index in [4.69, 9.17) is 0 Å².